The minimum Gasteiger partial charge on any atom is -0.381 e. The second-order valence-corrected chi connectivity index (χ2v) is 7.94. The Morgan fingerprint density at radius 3 is 2.62 bits per heavy atom. The topological polar surface area (TPSA) is 44.8 Å². The summed E-state index contributed by atoms with van der Waals surface area (Å²) in [6.07, 6.45) is 4.88. The summed E-state index contributed by atoms with van der Waals surface area (Å²) >= 11 is 0. The first-order valence-electron chi connectivity index (χ1n) is 9.75. The predicted molar refractivity (Wildman–Crippen MR) is 98.8 cm³/mol. The van der Waals surface area contributed by atoms with Crippen LogP contribution in [0.4, 0.5) is 14.9 Å². The van der Waals surface area contributed by atoms with Gasteiger partial charge in [-0.1, -0.05) is 6.07 Å². The minimum atomic E-state index is -0.292. The number of carbonyl (C=O) groups is 1. The number of ether oxygens (including phenoxy) is 1. The van der Waals surface area contributed by atoms with Crippen molar-refractivity contribution in [1.82, 2.24) is 9.80 Å². The molecule has 2 amide bonds. The Hall–Kier alpha value is -1.66. The van der Waals surface area contributed by atoms with E-state index >= 15 is 0 Å². The first-order valence-corrected chi connectivity index (χ1v) is 9.75. The first-order chi connectivity index (χ1) is 12.6. The normalized spacial score (nSPS) is 21.7. The molecule has 0 atom stereocenters. The average molecular weight is 361 g/mol. The molecule has 0 aromatic heterocycles. The van der Waals surface area contributed by atoms with Gasteiger partial charge < -0.3 is 15.0 Å². The summed E-state index contributed by atoms with van der Waals surface area (Å²) in [4.78, 5) is 16.9. The Kier molecular flexibility index (Phi) is 5.14. The molecule has 0 spiro atoms. The molecular formula is C20H28FN3O2. The minimum absolute atomic E-state index is 0.136. The lowest BCUT2D eigenvalue weighted by molar-refractivity contribution is -0.0199. The fraction of sp³-hybridized carbons (Fsp3) is 0.650. The molecule has 2 saturated heterocycles. The van der Waals surface area contributed by atoms with Crippen LogP contribution in [0.25, 0.3) is 0 Å². The highest BCUT2D eigenvalue weighted by atomic mass is 19.1. The number of rotatable bonds is 5. The summed E-state index contributed by atoms with van der Waals surface area (Å²) in [5.74, 6) is 0.552. The van der Waals surface area contributed by atoms with Crippen molar-refractivity contribution in [3.63, 3.8) is 0 Å². The Bertz CT molecular complexity index is 652. The Balaban J connectivity index is 1.31. The molecule has 5 nitrogen and oxygen atoms in total. The van der Waals surface area contributed by atoms with Crippen LogP contribution in [-0.4, -0.2) is 60.8 Å². The summed E-state index contributed by atoms with van der Waals surface area (Å²) in [5.41, 5.74) is 1.10. The number of anilines is 1. The molecule has 4 rings (SSSR count). The third-order valence-corrected chi connectivity index (χ3v) is 5.87. The van der Waals surface area contributed by atoms with Gasteiger partial charge in [0.15, 0.2) is 0 Å². The third kappa shape index (κ3) is 4.01. The van der Waals surface area contributed by atoms with Crippen molar-refractivity contribution in [2.24, 2.45) is 5.92 Å². The molecule has 1 N–H and O–H groups in total. The summed E-state index contributed by atoms with van der Waals surface area (Å²) in [5, 5.41) is 2.81. The van der Waals surface area contributed by atoms with Crippen molar-refractivity contribution in [3.8, 4) is 0 Å². The molecule has 2 aliphatic heterocycles. The highest BCUT2D eigenvalue weighted by Gasteiger charge is 2.40. The van der Waals surface area contributed by atoms with Gasteiger partial charge in [-0.2, -0.15) is 0 Å². The van der Waals surface area contributed by atoms with Gasteiger partial charge in [-0.25, -0.2) is 9.18 Å². The van der Waals surface area contributed by atoms with Crippen LogP contribution < -0.4 is 5.32 Å². The number of nitrogens with one attached hydrogen (secondary N) is 1. The molecule has 1 aliphatic carbocycles. The van der Waals surface area contributed by atoms with Crippen LogP contribution in [-0.2, 0) is 4.74 Å². The molecule has 3 fully saturated rings. The van der Waals surface area contributed by atoms with Crippen LogP contribution in [0, 0.1) is 18.7 Å². The molecule has 3 aliphatic rings. The average Bonchev–Trinajstić information content (AvgIpc) is 3.41. The summed E-state index contributed by atoms with van der Waals surface area (Å²) in [6, 6.07) is 5.71. The van der Waals surface area contributed by atoms with E-state index in [1.165, 1.54) is 18.9 Å². The smallest absolute Gasteiger partial charge is 0.321 e. The van der Waals surface area contributed by atoms with Crippen LogP contribution in [0.15, 0.2) is 18.2 Å². The van der Waals surface area contributed by atoms with Crippen LogP contribution in [0.5, 0.6) is 0 Å². The Morgan fingerprint density at radius 2 is 1.96 bits per heavy atom. The molecular weight excluding hydrogens is 333 g/mol. The third-order valence-electron chi connectivity index (χ3n) is 5.87. The van der Waals surface area contributed by atoms with E-state index < -0.39 is 0 Å². The number of benzene rings is 1. The maximum Gasteiger partial charge on any atom is 0.321 e. The Morgan fingerprint density at radius 1 is 1.23 bits per heavy atom. The van der Waals surface area contributed by atoms with E-state index in [1.54, 1.807) is 19.1 Å². The second-order valence-electron chi connectivity index (χ2n) is 7.94. The number of urea groups is 1. The predicted octanol–water partition coefficient (Wildman–Crippen LogP) is 3.24. The molecule has 26 heavy (non-hydrogen) atoms. The van der Waals surface area contributed by atoms with E-state index in [1.807, 2.05) is 4.90 Å². The highest BCUT2D eigenvalue weighted by Crippen LogP contribution is 2.34. The summed E-state index contributed by atoms with van der Waals surface area (Å²) in [6.45, 7) is 6.08. The van der Waals surface area contributed by atoms with Gasteiger partial charge in [0, 0.05) is 50.6 Å². The summed E-state index contributed by atoms with van der Waals surface area (Å²) < 4.78 is 19.2. The zero-order valence-electron chi connectivity index (χ0n) is 15.4. The molecule has 142 valence electrons. The largest absolute Gasteiger partial charge is 0.381 e. The van der Waals surface area contributed by atoms with E-state index in [4.69, 9.17) is 4.74 Å². The second kappa shape index (κ2) is 7.53. The number of aryl methyl sites for hydroxylation is 1. The molecule has 0 bridgehead atoms. The van der Waals surface area contributed by atoms with E-state index in [2.05, 4.69) is 10.2 Å². The van der Waals surface area contributed by atoms with Crippen LogP contribution in [0.1, 0.15) is 31.2 Å². The number of hydrogen-bond acceptors (Lipinski definition) is 3. The zero-order chi connectivity index (χ0) is 18.1. The van der Waals surface area contributed by atoms with E-state index in [0.717, 1.165) is 51.6 Å². The van der Waals surface area contributed by atoms with Crippen molar-refractivity contribution in [1.29, 1.82) is 0 Å². The number of carbonyl (C=O) groups excluding carboxylic acids is 1. The lowest BCUT2D eigenvalue weighted by atomic mass is 9.99. The first kappa shape index (κ1) is 17.7. The molecule has 1 aromatic carbocycles. The van der Waals surface area contributed by atoms with Crippen molar-refractivity contribution in [2.45, 2.75) is 44.7 Å². The van der Waals surface area contributed by atoms with Gasteiger partial charge in [-0.15, -0.1) is 0 Å². The SMILES string of the molecule is Cc1ccc(NC(=O)N2CC(N(CC3CC3)C3CCOCC3)C2)cc1F. The number of hydrogen-bond donors (Lipinski definition) is 1. The van der Waals surface area contributed by atoms with Crippen molar-refractivity contribution >= 4 is 11.7 Å². The monoisotopic (exact) mass is 361 g/mol. The molecule has 1 saturated carbocycles. The zero-order valence-corrected chi connectivity index (χ0v) is 15.4. The van der Waals surface area contributed by atoms with Gasteiger partial charge in [0.25, 0.3) is 0 Å². The van der Waals surface area contributed by atoms with Crippen molar-refractivity contribution < 1.29 is 13.9 Å². The van der Waals surface area contributed by atoms with Crippen LogP contribution >= 0.6 is 0 Å². The van der Waals surface area contributed by atoms with Crippen molar-refractivity contribution in [2.75, 3.05) is 38.2 Å². The lowest BCUT2D eigenvalue weighted by Gasteiger charge is -2.49. The number of amides is 2. The van der Waals surface area contributed by atoms with Gasteiger partial charge in [0.1, 0.15) is 5.82 Å². The molecule has 0 unspecified atom stereocenters. The standard InChI is InChI=1S/C20H28FN3O2/c1-14-2-5-16(10-19(14)21)22-20(25)23-12-18(13-23)24(11-15-3-4-15)17-6-8-26-9-7-17/h2,5,10,15,17-18H,3-4,6-9,11-13H2,1H3,(H,22,25). The fourth-order valence-electron chi connectivity index (χ4n) is 3.92. The highest BCUT2D eigenvalue weighted by molar-refractivity contribution is 5.90. The number of nitrogens with zero attached hydrogens (tertiary/aromatic N) is 2. The molecule has 2 heterocycles. The van der Waals surface area contributed by atoms with Crippen molar-refractivity contribution in [3.05, 3.63) is 29.6 Å². The van der Waals surface area contributed by atoms with E-state index in [9.17, 15) is 9.18 Å². The van der Waals surface area contributed by atoms with E-state index in [0.29, 0.717) is 23.3 Å². The maximum atomic E-state index is 13.6. The van der Waals surface area contributed by atoms with E-state index in [-0.39, 0.29) is 11.8 Å². The maximum absolute atomic E-state index is 13.6. The van der Waals surface area contributed by atoms with Gasteiger partial charge in [0.05, 0.1) is 0 Å². The fourth-order valence-corrected chi connectivity index (χ4v) is 3.92. The van der Waals surface area contributed by atoms with Crippen LogP contribution in [0.2, 0.25) is 0 Å². The van der Waals surface area contributed by atoms with Crippen LogP contribution in [0.3, 0.4) is 0 Å². The molecule has 6 heteroatoms. The van der Waals surface area contributed by atoms with Gasteiger partial charge >= 0.3 is 6.03 Å². The van der Waals surface area contributed by atoms with Gasteiger partial charge in [-0.05, 0) is 56.2 Å². The molecule has 1 aromatic rings. The Labute approximate surface area is 154 Å². The number of likely N-dealkylation sites (tertiary alicyclic amines) is 1. The quantitative estimate of drug-likeness (QED) is 0.876. The number of halogens is 1. The summed E-state index contributed by atoms with van der Waals surface area (Å²) in [7, 11) is 0. The lowest BCUT2D eigenvalue weighted by Crippen LogP contribution is -2.64. The van der Waals surface area contributed by atoms with Gasteiger partial charge in [0.2, 0.25) is 0 Å². The molecule has 0 radical (unpaired) electrons. The van der Waals surface area contributed by atoms with Gasteiger partial charge in [-0.3, -0.25) is 4.90 Å².